The lowest BCUT2D eigenvalue weighted by atomic mass is 9.98. The summed E-state index contributed by atoms with van der Waals surface area (Å²) in [6, 6.07) is 2.81. The fourth-order valence-electron chi connectivity index (χ4n) is 4.08. The zero-order valence-corrected chi connectivity index (χ0v) is 19.6. The fourth-order valence-corrected chi connectivity index (χ4v) is 5.56. The molecule has 1 fully saturated rings. The van der Waals surface area contributed by atoms with Crippen molar-refractivity contribution in [3.8, 4) is 0 Å². The number of carbonyl (C=O) groups excluding carboxylic acids is 2. The van der Waals surface area contributed by atoms with Gasteiger partial charge in [0.1, 0.15) is 22.2 Å². The first-order chi connectivity index (χ1) is 15.2. The molecule has 0 bridgehead atoms. The molecule has 32 heavy (non-hydrogen) atoms. The minimum atomic E-state index is -0.729. The van der Waals surface area contributed by atoms with Gasteiger partial charge in [-0.25, -0.2) is 0 Å². The van der Waals surface area contributed by atoms with Crippen LogP contribution in [0.1, 0.15) is 29.9 Å². The molecule has 2 atom stereocenters. The highest BCUT2D eigenvalue weighted by Crippen LogP contribution is 2.39. The van der Waals surface area contributed by atoms with Gasteiger partial charge < -0.3 is 24.7 Å². The topological polar surface area (TPSA) is 96.6 Å². The number of nitrogens with zero attached hydrogens (tertiary/aromatic N) is 2. The molecule has 2 aliphatic rings. The minimum Gasteiger partial charge on any atom is -0.349 e. The van der Waals surface area contributed by atoms with Gasteiger partial charge in [-0.05, 0) is 31.5 Å². The second-order valence-electron chi connectivity index (χ2n) is 8.25. The van der Waals surface area contributed by atoms with Crippen molar-refractivity contribution >= 4 is 62.3 Å². The van der Waals surface area contributed by atoms with Crippen LogP contribution in [0.5, 0.6) is 0 Å². The average Bonchev–Trinajstić information content (AvgIpc) is 3.39. The number of thiophene rings is 1. The van der Waals surface area contributed by atoms with Crippen LogP contribution >= 0.6 is 34.5 Å². The summed E-state index contributed by atoms with van der Waals surface area (Å²) < 4.78 is 12.8. The number of anilines is 1. The van der Waals surface area contributed by atoms with E-state index in [2.05, 4.69) is 15.3 Å². The third kappa shape index (κ3) is 3.88. The molecule has 1 saturated heterocycles. The molecule has 2 N–H and O–H groups in total. The van der Waals surface area contributed by atoms with Gasteiger partial charge in [0.25, 0.3) is 5.91 Å². The number of carbonyl (C=O) groups is 2. The summed E-state index contributed by atoms with van der Waals surface area (Å²) in [5.41, 5.74) is 2.57. The highest BCUT2D eigenvalue weighted by molar-refractivity contribution is 7.23. The predicted molar refractivity (Wildman–Crippen MR) is 123 cm³/mol. The average molecular weight is 495 g/mol. The van der Waals surface area contributed by atoms with Crippen LogP contribution in [-0.2, 0) is 20.7 Å². The van der Waals surface area contributed by atoms with Crippen molar-refractivity contribution in [1.29, 1.82) is 0 Å². The van der Waals surface area contributed by atoms with Crippen molar-refractivity contribution < 1.29 is 19.1 Å². The molecule has 5 rings (SSSR count). The summed E-state index contributed by atoms with van der Waals surface area (Å²) >= 11 is 13.5. The predicted octanol–water partition coefficient (Wildman–Crippen LogP) is 3.77. The largest absolute Gasteiger partial charge is 0.349 e. The van der Waals surface area contributed by atoms with Crippen molar-refractivity contribution in [3.05, 3.63) is 45.1 Å². The van der Waals surface area contributed by atoms with Crippen molar-refractivity contribution in [2.45, 2.75) is 38.2 Å². The van der Waals surface area contributed by atoms with Crippen LogP contribution < -0.4 is 10.2 Å². The number of amides is 2. The highest BCUT2D eigenvalue weighted by Gasteiger charge is 2.39. The Bertz CT molecular complexity index is 1220. The first-order valence-corrected chi connectivity index (χ1v) is 11.6. The van der Waals surface area contributed by atoms with E-state index in [1.165, 1.54) is 11.3 Å². The fraction of sp³-hybridized carbons (Fsp3) is 0.381. The zero-order chi connectivity index (χ0) is 22.6. The molecule has 2 aliphatic heterocycles. The van der Waals surface area contributed by atoms with Crippen molar-refractivity contribution in [1.82, 2.24) is 15.3 Å². The standard InChI is InChI=1S/C21H20Cl2N4O4S/c1-21(2)30-9-11(31-21)8-27-14-7-24-4-3-10(14)5-13(20(27)29)26-19(28)12-6-15-17(25-12)16(22)18(23)32-15/h3-4,6-7,11,13,25H,5,8-9H2,1-2H3,(H,26,28)/t11-,13?/m1/s1. The summed E-state index contributed by atoms with van der Waals surface area (Å²) in [7, 11) is 0. The van der Waals surface area contributed by atoms with Crippen LogP contribution in [0.15, 0.2) is 24.5 Å². The minimum absolute atomic E-state index is 0.221. The van der Waals surface area contributed by atoms with Crippen LogP contribution in [-0.4, -0.2) is 52.9 Å². The van der Waals surface area contributed by atoms with E-state index < -0.39 is 17.7 Å². The number of aromatic nitrogens is 2. The third-order valence-electron chi connectivity index (χ3n) is 5.54. The van der Waals surface area contributed by atoms with Crippen LogP contribution in [0.2, 0.25) is 9.36 Å². The zero-order valence-electron chi connectivity index (χ0n) is 17.3. The van der Waals surface area contributed by atoms with E-state index in [1.807, 2.05) is 19.9 Å². The lowest BCUT2D eigenvalue weighted by molar-refractivity contribution is -0.138. The molecule has 168 valence electrons. The Labute approximate surface area is 197 Å². The second kappa shape index (κ2) is 8.00. The summed E-state index contributed by atoms with van der Waals surface area (Å²) in [6.45, 7) is 4.36. The number of rotatable bonds is 4. The van der Waals surface area contributed by atoms with Crippen LogP contribution in [0.25, 0.3) is 10.2 Å². The van der Waals surface area contributed by atoms with Crippen molar-refractivity contribution in [3.63, 3.8) is 0 Å². The van der Waals surface area contributed by atoms with Crippen LogP contribution in [0, 0.1) is 0 Å². The van der Waals surface area contributed by atoms with Crippen LogP contribution in [0.4, 0.5) is 5.69 Å². The molecule has 2 amide bonds. The molecule has 0 aromatic carbocycles. The number of hydrogen-bond acceptors (Lipinski definition) is 6. The lowest BCUT2D eigenvalue weighted by Gasteiger charge is -2.35. The van der Waals surface area contributed by atoms with E-state index in [9.17, 15) is 9.59 Å². The molecule has 5 heterocycles. The third-order valence-corrected chi connectivity index (χ3v) is 7.48. The van der Waals surface area contributed by atoms with E-state index in [-0.39, 0.29) is 12.0 Å². The van der Waals surface area contributed by atoms with E-state index >= 15 is 0 Å². The van der Waals surface area contributed by atoms with Gasteiger partial charge in [-0.3, -0.25) is 14.6 Å². The van der Waals surface area contributed by atoms with Gasteiger partial charge in [-0.1, -0.05) is 23.2 Å². The maximum Gasteiger partial charge on any atom is 0.268 e. The number of pyridine rings is 1. The van der Waals surface area contributed by atoms with Crippen molar-refractivity contribution in [2.24, 2.45) is 0 Å². The summed E-state index contributed by atoms with van der Waals surface area (Å²) in [4.78, 5) is 35.1. The van der Waals surface area contributed by atoms with Gasteiger partial charge >= 0.3 is 0 Å². The van der Waals surface area contributed by atoms with Gasteiger partial charge in [0.05, 0.1) is 40.3 Å². The Morgan fingerprint density at radius 1 is 1.44 bits per heavy atom. The number of fused-ring (bicyclic) bond motifs is 2. The van der Waals surface area contributed by atoms with Crippen LogP contribution in [0.3, 0.4) is 0 Å². The maximum atomic E-state index is 13.4. The van der Waals surface area contributed by atoms with Crippen molar-refractivity contribution in [2.75, 3.05) is 18.1 Å². The Hall–Kier alpha value is -2.17. The van der Waals surface area contributed by atoms with Gasteiger partial charge in [0.15, 0.2) is 5.79 Å². The Morgan fingerprint density at radius 3 is 2.97 bits per heavy atom. The smallest absolute Gasteiger partial charge is 0.268 e. The maximum absolute atomic E-state index is 13.4. The first kappa shape index (κ1) is 21.7. The molecule has 3 aromatic rings. The number of aromatic amines is 1. The van der Waals surface area contributed by atoms with Gasteiger partial charge in [0.2, 0.25) is 5.91 Å². The first-order valence-electron chi connectivity index (χ1n) is 10.1. The summed E-state index contributed by atoms with van der Waals surface area (Å²) in [6.07, 6.45) is 3.43. The normalized spacial score (nSPS) is 22.4. The molecule has 0 saturated carbocycles. The number of nitrogens with one attached hydrogen (secondary N) is 2. The molecule has 0 spiro atoms. The molecule has 3 aromatic heterocycles. The Kier molecular flexibility index (Phi) is 5.42. The summed E-state index contributed by atoms with van der Waals surface area (Å²) in [5.74, 6) is -1.31. The lowest BCUT2D eigenvalue weighted by Crippen LogP contribution is -2.54. The van der Waals surface area contributed by atoms with Gasteiger partial charge in [0, 0.05) is 12.6 Å². The monoisotopic (exact) mass is 494 g/mol. The number of H-pyrrole nitrogens is 1. The molecule has 8 nitrogen and oxygen atoms in total. The number of hydrogen-bond donors (Lipinski definition) is 2. The molecular weight excluding hydrogens is 475 g/mol. The van der Waals surface area contributed by atoms with E-state index in [0.717, 1.165) is 16.0 Å². The van der Waals surface area contributed by atoms with Gasteiger partial charge in [-0.2, -0.15) is 0 Å². The number of ether oxygens (including phenoxy) is 2. The summed E-state index contributed by atoms with van der Waals surface area (Å²) in [5, 5.41) is 3.24. The molecule has 11 heteroatoms. The van der Waals surface area contributed by atoms with E-state index in [0.29, 0.717) is 40.1 Å². The quantitative estimate of drug-likeness (QED) is 0.575. The SMILES string of the molecule is CC1(C)OC[C@@H](CN2C(=O)C(NC(=O)c3cc4sc(Cl)c(Cl)c4[nH]3)Cc3ccncc32)O1. The molecular formula is C21H20Cl2N4O4S. The van der Waals surface area contributed by atoms with E-state index in [4.69, 9.17) is 32.7 Å². The van der Waals surface area contributed by atoms with E-state index in [1.54, 1.807) is 23.4 Å². The highest BCUT2D eigenvalue weighted by atomic mass is 35.5. The number of halogens is 2. The second-order valence-corrected chi connectivity index (χ2v) is 10.3. The molecule has 0 aliphatic carbocycles. The Morgan fingerprint density at radius 2 is 2.25 bits per heavy atom. The molecule has 1 unspecified atom stereocenters. The van der Waals surface area contributed by atoms with Gasteiger partial charge in [-0.15, -0.1) is 11.3 Å². The Balaban J connectivity index is 1.38. The molecule has 0 radical (unpaired) electrons.